The van der Waals surface area contributed by atoms with Crippen LogP contribution in [0.15, 0.2) is 18.6 Å². The van der Waals surface area contributed by atoms with E-state index in [0.29, 0.717) is 5.56 Å². The minimum Gasteiger partial charge on any atom is -0.283 e. The number of nitro groups is 1. The Hall–Kier alpha value is -1.98. The van der Waals surface area contributed by atoms with E-state index in [0.717, 1.165) is 0 Å². The number of fused-ring (bicyclic) bond motifs is 1. The summed E-state index contributed by atoms with van der Waals surface area (Å²) in [5, 5.41) is 17.9. The average Bonchev–Trinajstić information content (AvgIpc) is 2.50. The molecular formula is C7H6N4O2. The summed E-state index contributed by atoms with van der Waals surface area (Å²) in [5.41, 5.74) is 0.885. The van der Waals surface area contributed by atoms with E-state index in [1.54, 1.807) is 19.2 Å². The lowest BCUT2D eigenvalue weighted by atomic mass is 10.2. The van der Waals surface area contributed by atoms with E-state index < -0.39 is 4.92 Å². The van der Waals surface area contributed by atoms with E-state index >= 15 is 0 Å². The summed E-state index contributed by atoms with van der Waals surface area (Å²) in [6, 6.07) is 1.66. The van der Waals surface area contributed by atoms with Crippen molar-refractivity contribution in [2.24, 2.45) is 0 Å². The molecular weight excluding hydrogens is 172 g/mol. The lowest BCUT2D eigenvalue weighted by molar-refractivity contribution is -0.384. The molecule has 2 aromatic rings. The highest BCUT2D eigenvalue weighted by atomic mass is 16.6. The van der Waals surface area contributed by atoms with E-state index in [4.69, 9.17) is 0 Å². The van der Waals surface area contributed by atoms with E-state index in [1.807, 2.05) is 0 Å². The maximum atomic E-state index is 10.7. The van der Waals surface area contributed by atoms with Gasteiger partial charge in [0.25, 0.3) is 0 Å². The lowest BCUT2D eigenvalue weighted by Crippen LogP contribution is -1.96. The van der Waals surface area contributed by atoms with Gasteiger partial charge in [0.15, 0.2) is 0 Å². The summed E-state index contributed by atoms with van der Waals surface area (Å²) in [5.74, 6) is 0. The molecule has 0 aliphatic rings. The molecule has 0 spiro atoms. The zero-order valence-corrected chi connectivity index (χ0v) is 6.84. The predicted octanol–water partition coefficient (Wildman–Crippen LogP) is 0.946. The van der Waals surface area contributed by atoms with Gasteiger partial charge in [0, 0.05) is 11.8 Å². The second-order valence-corrected chi connectivity index (χ2v) is 2.67. The summed E-state index contributed by atoms with van der Waals surface area (Å²) < 4.78 is 1.52. The molecule has 0 aliphatic heterocycles. The Balaban J connectivity index is 2.88. The Bertz CT molecular complexity index is 476. The Labute approximate surface area is 73.0 Å². The minimum atomic E-state index is -0.445. The van der Waals surface area contributed by atoms with Crippen molar-refractivity contribution in [1.29, 1.82) is 0 Å². The second-order valence-electron chi connectivity index (χ2n) is 2.67. The van der Waals surface area contributed by atoms with Crippen molar-refractivity contribution < 1.29 is 4.92 Å². The number of pyridine rings is 1. The van der Waals surface area contributed by atoms with Crippen LogP contribution in [-0.2, 0) is 0 Å². The van der Waals surface area contributed by atoms with Gasteiger partial charge in [-0.05, 0) is 13.0 Å². The summed E-state index contributed by atoms with van der Waals surface area (Å²) in [4.78, 5) is 10.2. The smallest absolute Gasteiger partial charge is 0.283 e. The molecule has 0 N–H and O–H groups in total. The largest absolute Gasteiger partial charge is 0.317 e. The van der Waals surface area contributed by atoms with Crippen LogP contribution in [-0.4, -0.2) is 19.5 Å². The van der Waals surface area contributed by atoms with Crippen LogP contribution in [0.4, 0.5) is 5.69 Å². The average molecular weight is 178 g/mol. The molecule has 0 saturated carbocycles. The van der Waals surface area contributed by atoms with E-state index in [1.165, 1.54) is 10.7 Å². The molecule has 0 radical (unpaired) electrons. The first-order valence-electron chi connectivity index (χ1n) is 3.63. The van der Waals surface area contributed by atoms with Crippen LogP contribution in [0.3, 0.4) is 0 Å². The number of aromatic nitrogens is 3. The van der Waals surface area contributed by atoms with Crippen LogP contribution in [0.2, 0.25) is 0 Å². The Kier molecular flexibility index (Phi) is 1.48. The summed E-state index contributed by atoms with van der Waals surface area (Å²) in [7, 11) is 0. The van der Waals surface area contributed by atoms with Crippen LogP contribution in [0.1, 0.15) is 5.56 Å². The minimum absolute atomic E-state index is 0.0139. The van der Waals surface area contributed by atoms with Gasteiger partial charge in [-0.15, -0.1) is 10.2 Å². The Morgan fingerprint density at radius 1 is 1.62 bits per heavy atom. The van der Waals surface area contributed by atoms with Crippen molar-refractivity contribution in [3.8, 4) is 0 Å². The standard InChI is InChI=1S/C7H6N4O2/c1-5-2-3-10-4-8-9-7(10)6(5)11(12)13/h2-4H,1H3. The molecule has 66 valence electrons. The highest BCUT2D eigenvalue weighted by Crippen LogP contribution is 2.21. The molecule has 6 nitrogen and oxygen atoms in total. The summed E-state index contributed by atoms with van der Waals surface area (Å²) in [6.07, 6.45) is 3.12. The fourth-order valence-electron chi connectivity index (χ4n) is 1.19. The number of hydrogen-bond donors (Lipinski definition) is 0. The molecule has 2 aromatic heterocycles. The highest BCUT2D eigenvalue weighted by Gasteiger charge is 2.17. The van der Waals surface area contributed by atoms with Gasteiger partial charge in [-0.1, -0.05) is 0 Å². The van der Waals surface area contributed by atoms with Crippen LogP contribution in [0.25, 0.3) is 5.65 Å². The molecule has 13 heavy (non-hydrogen) atoms. The fourth-order valence-corrected chi connectivity index (χ4v) is 1.19. The van der Waals surface area contributed by atoms with Gasteiger partial charge in [-0.3, -0.25) is 14.5 Å². The SMILES string of the molecule is Cc1ccn2cnnc2c1[N+](=O)[O-]. The third-order valence-corrected chi connectivity index (χ3v) is 1.83. The predicted molar refractivity (Wildman–Crippen MR) is 44.4 cm³/mol. The van der Waals surface area contributed by atoms with Crippen molar-refractivity contribution >= 4 is 11.3 Å². The van der Waals surface area contributed by atoms with Gasteiger partial charge in [0.2, 0.25) is 5.65 Å². The van der Waals surface area contributed by atoms with Crippen LogP contribution in [0.5, 0.6) is 0 Å². The zero-order valence-electron chi connectivity index (χ0n) is 6.84. The van der Waals surface area contributed by atoms with Gasteiger partial charge in [0.1, 0.15) is 6.33 Å². The molecule has 0 aromatic carbocycles. The van der Waals surface area contributed by atoms with E-state index in [2.05, 4.69) is 10.2 Å². The first-order valence-corrected chi connectivity index (χ1v) is 3.63. The van der Waals surface area contributed by atoms with Gasteiger partial charge in [-0.2, -0.15) is 0 Å². The highest BCUT2D eigenvalue weighted by molar-refractivity contribution is 5.62. The molecule has 0 amide bonds. The Morgan fingerprint density at radius 2 is 2.38 bits per heavy atom. The maximum Gasteiger partial charge on any atom is 0.317 e. The molecule has 2 heterocycles. The lowest BCUT2D eigenvalue weighted by Gasteiger charge is -1.97. The number of nitrogens with zero attached hydrogens (tertiary/aromatic N) is 4. The van der Waals surface area contributed by atoms with Crippen molar-refractivity contribution in [3.63, 3.8) is 0 Å². The summed E-state index contributed by atoms with van der Waals surface area (Å²) in [6.45, 7) is 1.67. The molecule has 0 aliphatic carbocycles. The van der Waals surface area contributed by atoms with Crippen LogP contribution in [0, 0.1) is 17.0 Å². The molecule has 0 saturated heterocycles. The fraction of sp³-hybridized carbons (Fsp3) is 0.143. The number of hydrogen-bond acceptors (Lipinski definition) is 4. The monoisotopic (exact) mass is 178 g/mol. The molecule has 6 heteroatoms. The van der Waals surface area contributed by atoms with Crippen LogP contribution >= 0.6 is 0 Å². The maximum absolute atomic E-state index is 10.7. The van der Waals surface area contributed by atoms with E-state index in [-0.39, 0.29) is 11.3 Å². The Morgan fingerprint density at radius 3 is 3.08 bits per heavy atom. The van der Waals surface area contributed by atoms with Crippen molar-refractivity contribution in [2.45, 2.75) is 6.92 Å². The molecule has 0 atom stereocenters. The first kappa shape index (κ1) is 7.66. The van der Waals surface area contributed by atoms with Gasteiger partial charge >= 0.3 is 5.69 Å². The normalized spacial score (nSPS) is 10.5. The topological polar surface area (TPSA) is 73.3 Å². The summed E-state index contributed by atoms with van der Waals surface area (Å²) >= 11 is 0. The molecule has 0 unspecified atom stereocenters. The van der Waals surface area contributed by atoms with Gasteiger partial charge < -0.3 is 0 Å². The van der Waals surface area contributed by atoms with E-state index in [9.17, 15) is 10.1 Å². The van der Waals surface area contributed by atoms with Gasteiger partial charge in [-0.25, -0.2) is 0 Å². The van der Waals surface area contributed by atoms with Crippen molar-refractivity contribution in [2.75, 3.05) is 0 Å². The third kappa shape index (κ3) is 1.03. The van der Waals surface area contributed by atoms with Crippen molar-refractivity contribution in [3.05, 3.63) is 34.3 Å². The third-order valence-electron chi connectivity index (χ3n) is 1.83. The quantitative estimate of drug-likeness (QED) is 0.481. The van der Waals surface area contributed by atoms with Crippen molar-refractivity contribution in [1.82, 2.24) is 14.6 Å². The first-order chi connectivity index (χ1) is 6.20. The molecule has 2 rings (SSSR count). The van der Waals surface area contributed by atoms with Gasteiger partial charge in [0.05, 0.1) is 4.92 Å². The van der Waals surface area contributed by atoms with Crippen LogP contribution < -0.4 is 0 Å². The number of aryl methyl sites for hydroxylation is 1. The zero-order chi connectivity index (χ0) is 9.42. The molecule has 0 fully saturated rings. The number of rotatable bonds is 1. The second kappa shape index (κ2) is 2.51. The molecule has 0 bridgehead atoms.